The van der Waals surface area contributed by atoms with E-state index in [0.29, 0.717) is 6.04 Å². The fourth-order valence-corrected chi connectivity index (χ4v) is 3.10. The van der Waals surface area contributed by atoms with Crippen molar-refractivity contribution in [2.24, 2.45) is 11.7 Å². The SMILES string of the molecule is COc1ccc(C(N)CN(C)C2CCC(C)CC2)cc1. The highest BCUT2D eigenvalue weighted by Gasteiger charge is 2.23. The molecule has 112 valence electrons. The molecule has 2 rings (SSSR count). The molecule has 0 aromatic heterocycles. The lowest BCUT2D eigenvalue weighted by Gasteiger charge is -2.35. The Hall–Kier alpha value is -1.06. The monoisotopic (exact) mass is 276 g/mol. The third kappa shape index (κ3) is 3.97. The van der Waals surface area contributed by atoms with E-state index < -0.39 is 0 Å². The minimum Gasteiger partial charge on any atom is -0.497 e. The van der Waals surface area contributed by atoms with Crippen molar-refractivity contribution in [2.75, 3.05) is 20.7 Å². The predicted molar refractivity (Wildman–Crippen MR) is 84.0 cm³/mol. The Morgan fingerprint density at radius 2 is 1.80 bits per heavy atom. The highest BCUT2D eigenvalue weighted by Crippen LogP contribution is 2.27. The number of benzene rings is 1. The molecule has 1 atom stereocenters. The second-order valence-electron chi connectivity index (χ2n) is 6.23. The molecule has 1 fully saturated rings. The van der Waals surface area contributed by atoms with Crippen LogP contribution in [-0.4, -0.2) is 31.6 Å². The highest BCUT2D eigenvalue weighted by molar-refractivity contribution is 5.29. The van der Waals surface area contributed by atoms with Gasteiger partial charge in [-0.3, -0.25) is 0 Å². The Labute approximate surface area is 123 Å². The van der Waals surface area contributed by atoms with Crippen LogP contribution in [0.3, 0.4) is 0 Å². The van der Waals surface area contributed by atoms with Crippen LogP contribution in [0.4, 0.5) is 0 Å². The van der Waals surface area contributed by atoms with E-state index in [9.17, 15) is 0 Å². The van der Waals surface area contributed by atoms with E-state index >= 15 is 0 Å². The molecule has 1 aliphatic carbocycles. The number of likely N-dealkylation sites (N-methyl/N-ethyl adjacent to an activating group) is 1. The van der Waals surface area contributed by atoms with Crippen molar-refractivity contribution in [3.05, 3.63) is 29.8 Å². The van der Waals surface area contributed by atoms with E-state index in [1.165, 1.54) is 31.2 Å². The van der Waals surface area contributed by atoms with Crippen LogP contribution in [0, 0.1) is 5.92 Å². The van der Waals surface area contributed by atoms with Gasteiger partial charge in [0, 0.05) is 18.6 Å². The normalized spacial score (nSPS) is 24.6. The molecule has 0 aliphatic heterocycles. The van der Waals surface area contributed by atoms with Crippen molar-refractivity contribution < 1.29 is 4.74 Å². The van der Waals surface area contributed by atoms with Crippen molar-refractivity contribution in [2.45, 2.75) is 44.7 Å². The van der Waals surface area contributed by atoms with E-state index in [4.69, 9.17) is 10.5 Å². The van der Waals surface area contributed by atoms with Gasteiger partial charge in [0.25, 0.3) is 0 Å². The summed E-state index contributed by atoms with van der Waals surface area (Å²) in [7, 11) is 3.90. The van der Waals surface area contributed by atoms with Crippen molar-refractivity contribution >= 4 is 0 Å². The summed E-state index contributed by atoms with van der Waals surface area (Å²) in [5.74, 6) is 1.78. The van der Waals surface area contributed by atoms with Gasteiger partial charge in [0.15, 0.2) is 0 Å². The van der Waals surface area contributed by atoms with Gasteiger partial charge in [-0.05, 0) is 56.3 Å². The molecule has 3 nitrogen and oxygen atoms in total. The Kier molecular flexibility index (Phi) is 5.44. The van der Waals surface area contributed by atoms with Crippen molar-refractivity contribution in [3.8, 4) is 5.75 Å². The maximum atomic E-state index is 6.34. The van der Waals surface area contributed by atoms with Gasteiger partial charge < -0.3 is 15.4 Å². The van der Waals surface area contributed by atoms with Gasteiger partial charge in [-0.1, -0.05) is 19.1 Å². The molecule has 1 unspecified atom stereocenters. The quantitative estimate of drug-likeness (QED) is 0.897. The zero-order chi connectivity index (χ0) is 14.5. The van der Waals surface area contributed by atoms with Crippen LogP contribution in [0.5, 0.6) is 5.75 Å². The molecule has 0 amide bonds. The van der Waals surface area contributed by atoms with E-state index in [1.807, 2.05) is 12.1 Å². The second-order valence-corrected chi connectivity index (χ2v) is 6.23. The molecule has 1 aromatic carbocycles. The van der Waals surface area contributed by atoms with Gasteiger partial charge in [0.1, 0.15) is 5.75 Å². The summed E-state index contributed by atoms with van der Waals surface area (Å²) in [5, 5.41) is 0. The molecule has 2 N–H and O–H groups in total. The number of methoxy groups -OCH3 is 1. The van der Waals surface area contributed by atoms with Gasteiger partial charge in [0.05, 0.1) is 7.11 Å². The first kappa shape index (κ1) is 15.3. The van der Waals surface area contributed by atoms with Gasteiger partial charge in [-0.15, -0.1) is 0 Å². The standard InChI is InChI=1S/C17H28N2O/c1-13-4-8-15(9-5-13)19(2)12-17(18)14-6-10-16(20-3)11-7-14/h6-7,10-11,13,15,17H,4-5,8-9,12,18H2,1-3H3. The summed E-state index contributed by atoms with van der Waals surface area (Å²) in [6.07, 6.45) is 5.33. The maximum absolute atomic E-state index is 6.34. The van der Waals surface area contributed by atoms with Crippen molar-refractivity contribution in [1.82, 2.24) is 4.90 Å². The molecular formula is C17H28N2O. The average Bonchev–Trinajstić information content (AvgIpc) is 2.48. The molecule has 1 aromatic rings. The van der Waals surface area contributed by atoms with E-state index in [0.717, 1.165) is 18.2 Å². The minimum absolute atomic E-state index is 0.0743. The third-order valence-corrected chi connectivity index (χ3v) is 4.64. The summed E-state index contributed by atoms with van der Waals surface area (Å²) in [6, 6.07) is 8.89. The first-order chi connectivity index (χ1) is 9.60. The van der Waals surface area contributed by atoms with Crippen LogP contribution in [0.2, 0.25) is 0 Å². The van der Waals surface area contributed by atoms with E-state index in [2.05, 4.69) is 31.0 Å². The Morgan fingerprint density at radius 1 is 1.20 bits per heavy atom. The number of ether oxygens (including phenoxy) is 1. The van der Waals surface area contributed by atoms with Crippen LogP contribution < -0.4 is 10.5 Å². The molecule has 0 saturated heterocycles. The predicted octanol–water partition coefficient (Wildman–Crippen LogP) is 3.21. The molecule has 20 heavy (non-hydrogen) atoms. The highest BCUT2D eigenvalue weighted by atomic mass is 16.5. The molecule has 1 aliphatic rings. The maximum Gasteiger partial charge on any atom is 0.118 e. The smallest absolute Gasteiger partial charge is 0.118 e. The van der Waals surface area contributed by atoms with Crippen LogP contribution in [0.1, 0.15) is 44.2 Å². The minimum atomic E-state index is 0.0743. The number of nitrogens with two attached hydrogens (primary N) is 1. The molecular weight excluding hydrogens is 248 g/mol. The lowest BCUT2D eigenvalue weighted by Crippen LogP contribution is -2.39. The van der Waals surface area contributed by atoms with Crippen LogP contribution >= 0.6 is 0 Å². The fourth-order valence-electron chi connectivity index (χ4n) is 3.10. The summed E-state index contributed by atoms with van der Waals surface area (Å²) < 4.78 is 5.18. The Morgan fingerprint density at radius 3 is 2.35 bits per heavy atom. The van der Waals surface area contributed by atoms with Gasteiger partial charge in [-0.25, -0.2) is 0 Å². The van der Waals surface area contributed by atoms with Gasteiger partial charge in [-0.2, -0.15) is 0 Å². The Bertz CT molecular complexity index is 396. The van der Waals surface area contributed by atoms with Crippen LogP contribution in [-0.2, 0) is 0 Å². The number of hydrogen-bond acceptors (Lipinski definition) is 3. The largest absolute Gasteiger partial charge is 0.497 e. The molecule has 0 bridgehead atoms. The molecule has 0 spiro atoms. The van der Waals surface area contributed by atoms with Crippen LogP contribution in [0.15, 0.2) is 24.3 Å². The zero-order valence-electron chi connectivity index (χ0n) is 13.0. The van der Waals surface area contributed by atoms with Gasteiger partial charge >= 0.3 is 0 Å². The number of nitrogens with zero attached hydrogens (tertiary/aromatic N) is 1. The first-order valence-corrected chi connectivity index (χ1v) is 7.70. The molecule has 3 heteroatoms. The average molecular weight is 276 g/mol. The fraction of sp³-hybridized carbons (Fsp3) is 0.647. The third-order valence-electron chi connectivity index (χ3n) is 4.64. The van der Waals surface area contributed by atoms with Crippen LogP contribution in [0.25, 0.3) is 0 Å². The summed E-state index contributed by atoms with van der Waals surface area (Å²) in [5.41, 5.74) is 7.52. The van der Waals surface area contributed by atoms with E-state index in [1.54, 1.807) is 7.11 Å². The molecule has 0 radical (unpaired) electrons. The van der Waals surface area contributed by atoms with Gasteiger partial charge in [0.2, 0.25) is 0 Å². The summed E-state index contributed by atoms with van der Waals surface area (Å²) in [4.78, 5) is 2.45. The topological polar surface area (TPSA) is 38.5 Å². The van der Waals surface area contributed by atoms with E-state index in [-0.39, 0.29) is 6.04 Å². The lowest BCUT2D eigenvalue weighted by atomic mass is 9.86. The molecule has 0 heterocycles. The summed E-state index contributed by atoms with van der Waals surface area (Å²) in [6.45, 7) is 3.28. The summed E-state index contributed by atoms with van der Waals surface area (Å²) >= 11 is 0. The van der Waals surface area contributed by atoms with Crippen molar-refractivity contribution in [1.29, 1.82) is 0 Å². The first-order valence-electron chi connectivity index (χ1n) is 7.70. The van der Waals surface area contributed by atoms with Crippen molar-refractivity contribution in [3.63, 3.8) is 0 Å². The lowest BCUT2D eigenvalue weighted by molar-refractivity contribution is 0.162. The number of rotatable bonds is 5. The molecule has 1 saturated carbocycles. The second kappa shape index (κ2) is 7.09. The zero-order valence-corrected chi connectivity index (χ0v) is 13.0. The number of hydrogen-bond donors (Lipinski definition) is 1. The Balaban J connectivity index is 1.87.